The fourth-order valence-electron chi connectivity index (χ4n) is 7.50. The zero-order valence-electron chi connectivity index (χ0n) is 19.4. The highest BCUT2D eigenvalue weighted by molar-refractivity contribution is 5.93. The molecule has 0 aromatic heterocycles. The summed E-state index contributed by atoms with van der Waals surface area (Å²) in [4.78, 5) is 12.2. The number of aliphatic hydroxyl groups excluding tert-OH is 1. The molecular formula is C29H36O3. The summed E-state index contributed by atoms with van der Waals surface area (Å²) in [5, 5.41) is 21.2. The van der Waals surface area contributed by atoms with Crippen LogP contribution in [0.5, 0.6) is 0 Å². The summed E-state index contributed by atoms with van der Waals surface area (Å²) in [5.74, 6) is 1.44. The topological polar surface area (TPSA) is 57.5 Å². The summed E-state index contributed by atoms with van der Waals surface area (Å²) >= 11 is 0. The van der Waals surface area contributed by atoms with Gasteiger partial charge in [-0.15, -0.1) is 0 Å². The van der Waals surface area contributed by atoms with Crippen molar-refractivity contribution in [3.63, 3.8) is 0 Å². The molecule has 0 spiro atoms. The van der Waals surface area contributed by atoms with E-state index in [2.05, 4.69) is 38.1 Å². The van der Waals surface area contributed by atoms with Crippen molar-refractivity contribution in [3.05, 3.63) is 70.3 Å². The molecule has 2 N–H and O–H groups in total. The zero-order chi connectivity index (χ0) is 22.5. The summed E-state index contributed by atoms with van der Waals surface area (Å²) in [7, 11) is 0. The summed E-state index contributed by atoms with van der Waals surface area (Å²) in [6.45, 7) is 4.44. The Balaban J connectivity index is 1.65. The van der Waals surface area contributed by atoms with Gasteiger partial charge < -0.3 is 10.2 Å². The van der Waals surface area contributed by atoms with Crippen LogP contribution in [0.15, 0.2) is 59.2 Å². The van der Waals surface area contributed by atoms with E-state index >= 15 is 0 Å². The monoisotopic (exact) mass is 432 g/mol. The van der Waals surface area contributed by atoms with Crippen molar-refractivity contribution in [2.45, 2.75) is 76.7 Å². The molecule has 32 heavy (non-hydrogen) atoms. The van der Waals surface area contributed by atoms with Crippen LogP contribution in [-0.2, 0) is 11.2 Å². The van der Waals surface area contributed by atoms with E-state index in [1.54, 1.807) is 11.6 Å². The predicted molar refractivity (Wildman–Crippen MR) is 127 cm³/mol. The van der Waals surface area contributed by atoms with Crippen LogP contribution >= 0.6 is 0 Å². The SMILES string of the molecule is CCc1ccc([C@H]2C[C@@]3(C)[C@@H](CC[C@@]3(O)/C=C\CO)[C@@H]3CCC4=CC(=O)CCC4=C32)cc1. The van der Waals surface area contributed by atoms with Gasteiger partial charge >= 0.3 is 0 Å². The van der Waals surface area contributed by atoms with E-state index in [0.717, 1.165) is 44.9 Å². The van der Waals surface area contributed by atoms with Crippen LogP contribution in [0.4, 0.5) is 0 Å². The first kappa shape index (κ1) is 21.9. The second-order valence-corrected chi connectivity index (χ2v) is 10.6. The molecule has 0 aliphatic heterocycles. The maximum absolute atomic E-state index is 12.2. The molecule has 4 aliphatic rings. The van der Waals surface area contributed by atoms with Crippen molar-refractivity contribution >= 4 is 5.78 Å². The number of ketones is 1. The van der Waals surface area contributed by atoms with E-state index in [9.17, 15) is 15.0 Å². The molecule has 3 nitrogen and oxygen atoms in total. The Labute approximate surface area is 191 Å². The fraction of sp³-hybridized carbons (Fsp3) is 0.552. The van der Waals surface area contributed by atoms with Crippen molar-refractivity contribution in [2.75, 3.05) is 6.61 Å². The molecule has 0 saturated heterocycles. The lowest BCUT2D eigenvalue weighted by atomic mass is 9.51. The van der Waals surface area contributed by atoms with Gasteiger partial charge in [0, 0.05) is 17.8 Å². The van der Waals surface area contributed by atoms with E-state index < -0.39 is 5.60 Å². The predicted octanol–water partition coefficient (Wildman–Crippen LogP) is 5.43. The smallest absolute Gasteiger partial charge is 0.156 e. The van der Waals surface area contributed by atoms with Gasteiger partial charge in [0.15, 0.2) is 5.78 Å². The average Bonchev–Trinajstić information content (AvgIpc) is 3.07. The molecule has 1 aromatic rings. The van der Waals surface area contributed by atoms with Gasteiger partial charge in [-0.2, -0.15) is 0 Å². The van der Waals surface area contributed by atoms with Crippen molar-refractivity contribution in [1.82, 2.24) is 0 Å². The van der Waals surface area contributed by atoms with Gasteiger partial charge in [0.25, 0.3) is 0 Å². The third-order valence-electron chi connectivity index (χ3n) is 9.24. The Bertz CT molecular complexity index is 998. The molecule has 0 bridgehead atoms. The van der Waals surface area contributed by atoms with Crippen LogP contribution in [0.2, 0.25) is 0 Å². The van der Waals surface area contributed by atoms with E-state index in [-0.39, 0.29) is 23.7 Å². The molecule has 0 unspecified atom stereocenters. The van der Waals surface area contributed by atoms with Gasteiger partial charge in [0.05, 0.1) is 12.2 Å². The summed E-state index contributed by atoms with van der Waals surface area (Å²) in [6.07, 6.45) is 12.8. The number of benzene rings is 1. The number of aliphatic hydroxyl groups is 2. The van der Waals surface area contributed by atoms with E-state index in [0.29, 0.717) is 18.3 Å². The minimum atomic E-state index is -0.878. The highest BCUT2D eigenvalue weighted by atomic mass is 16.3. The Kier molecular flexibility index (Phi) is 5.54. The molecule has 4 aliphatic carbocycles. The van der Waals surface area contributed by atoms with Gasteiger partial charge in [-0.25, -0.2) is 0 Å². The number of carbonyl (C=O) groups is 1. The minimum Gasteiger partial charge on any atom is -0.392 e. The molecule has 5 rings (SSSR count). The molecule has 2 saturated carbocycles. The third kappa shape index (κ3) is 3.28. The van der Waals surface area contributed by atoms with Crippen LogP contribution in [0, 0.1) is 17.3 Å². The van der Waals surface area contributed by atoms with Crippen molar-refractivity contribution < 1.29 is 15.0 Å². The molecular weight excluding hydrogens is 396 g/mol. The number of allylic oxidation sites excluding steroid dienone is 4. The van der Waals surface area contributed by atoms with Gasteiger partial charge in [-0.05, 0) is 85.1 Å². The van der Waals surface area contributed by atoms with Crippen LogP contribution in [-0.4, -0.2) is 28.2 Å². The fourth-order valence-corrected chi connectivity index (χ4v) is 7.50. The third-order valence-corrected chi connectivity index (χ3v) is 9.24. The molecule has 0 heterocycles. The largest absolute Gasteiger partial charge is 0.392 e. The number of fused-ring (bicyclic) bond motifs is 4. The Morgan fingerprint density at radius 1 is 1.12 bits per heavy atom. The highest BCUT2D eigenvalue weighted by Gasteiger charge is 2.61. The zero-order valence-corrected chi connectivity index (χ0v) is 19.4. The van der Waals surface area contributed by atoms with Crippen LogP contribution < -0.4 is 0 Å². The van der Waals surface area contributed by atoms with Gasteiger partial charge in [0.2, 0.25) is 0 Å². The first-order valence-corrected chi connectivity index (χ1v) is 12.5. The maximum atomic E-state index is 12.2. The second-order valence-electron chi connectivity index (χ2n) is 10.6. The molecule has 170 valence electrons. The molecule has 5 atom stereocenters. The number of rotatable bonds is 4. The quantitative estimate of drug-likeness (QED) is 0.624. The lowest BCUT2D eigenvalue weighted by Gasteiger charge is -2.54. The van der Waals surface area contributed by atoms with Crippen LogP contribution in [0.1, 0.15) is 75.8 Å². The lowest BCUT2D eigenvalue weighted by Crippen LogP contribution is -2.50. The highest BCUT2D eigenvalue weighted by Crippen LogP contribution is 2.67. The van der Waals surface area contributed by atoms with E-state index in [4.69, 9.17) is 0 Å². The average molecular weight is 433 g/mol. The number of carbonyl (C=O) groups excluding carboxylic acids is 1. The molecule has 1 aromatic carbocycles. The second kappa shape index (κ2) is 8.11. The lowest BCUT2D eigenvalue weighted by molar-refractivity contribution is -0.114. The number of hydrogen-bond donors (Lipinski definition) is 2. The minimum absolute atomic E-state index is 0.0358. The normalized spacial score (nSPS) is 36.7. The number of hydrogen-bond acceptors (Lipinski definition) is 3. The van der Waals surface area contributed by atoms with Crippen LogP contribution in [0.3, 0.4) is 0 Å². The van der Waals surface area contributed by atoms with Gasteiger partial charge in [0.1, 0.15) is 0 Å². The van der Waals surface area contributed by atoms with Gasteiger partial charge in [-0.3, -0.25) is 4.79 Å². The first-order chi connectivity index (χ1) is 15.4. The van der Waals surface area contributed by atoms with Gasteiger partial charge in [-0.1, -0.05) is 55.8 Å². The molecule has 3 heteroatoms. The summed E-state index contributed by atoms with van der Waals surface area (Å²) in [5.41, 5.74) is 5.88. The van der Waals surface area contributed by atoms with Crippen molar-refractivity contribution in [3.8, 4) is 0 Å². The van der Waals surface area contributed by atoms with E-state index in [1.807, 2.05) is 12.2 Å². The summed E-state index contributed by atoms with van der Waals surface area (Å²) in [6, 6.07) is 9.09. The maximum Gasteiger partial charge on any atom is 0.156 e. The molecule has 0 radical (unpaired) electrons. The summed E-state index contributed by atoms with van der Waals surface area (Å²) < 4.78 is 0. The first-order valence-electron chi connectivity index (χ1n) is 12.5. The Morgan fingerprint density at radius 3 is 2.62 bits per heavy atom. The van der Waals surface area contributed by atoms with E-state index in [1.165, 1.54) is 22.3 Å². The number of aryl methyl sites for hydroxylation is 1. The molecule has 2 fully saturated rings. The van der Waals surface area contributed by atoms with Crippen LogP contribution in [0.25, 0.3) is 0 Å². The van der Waals surface area contributed by atoms with Crippen molar-refractivity contribution in [1.29, 1.82) is 0 Å². The Hall–Kier alpha value is -1.97. The van der Waals surface area contributed by atoms with Crippen molar-refractivity contribution in [2.24, 2.45) is 17.3 Å². The molecule has 0 amide bonds. The Morgan fingerprint density at radius 2 is 1.91 bits per heavy atom. The standard InChI is InChI=1S/C29H36O3/c1-3-19-5-7-20(8-6-19)25-18-28(2)26(13-15-29(28,32)14-4-16-30)24-11-9-21-17-22(31)10-12-23(21)27(24)25/h4-8,14,17,24-26,30,32H,3,9-13,15-16,18H2,1-2H3/b14-4-/t24-,25+,26-,28-,29-/m0/s1.